The van der Waals surface area contributed by atoms with Gasteiger partial charge >= 0.3 is 18.1 Å². The molecule has 0 rings (SSSR count). The fraction of sp³-hybridized carbons (Fsp3) is 0.833. The van der Waals surface area contributed by atoms with Gasteiger partial charge in [-0.05, 0) is 19.3 Å². The summed E-state index contributed by atoms with van der Waals surface area (Å²) in [5.41, 5.74) is 4.91. The predicted octanol–water partition coefficient (Wildman–Crippen LogP) is 1.39. The molecular formula is C18H33NO9. The van der Waals surface area contributed by atoms with Crippen LogP contribution in [-0.2, 0) is 38.0 Å². The fourth-order valence-electron chi connectivity index (χ4n) is 2.26. The molecule has 28 heavy (non-hydrogen) atoms. The molecule has 0 fully saturated rings. The minimum atomic E-state index is -1.35. The van der Waals surface area contributed by atoms with Gasteiger partial charge in [-0.3, -0.25) is 15.3 Å². The highest BCUT2D eigenvalue weighted by molar-refractivity contribution is 5.69. The third-order valence-corrected chi connectivity index (χ3v) is 4.12. The van der Waals surface area contributed by atoms with Crippen molar-refractivity contribution in [2.45, 2.75) is 44.8 Å². The van der Waals surface area contributed by atoms with Crippen LogP contribution in [0.2, 0.25) is 0 Å². The summed E-state index contributed by atoms with van der Waals surface area (Å²) in [5.74, 6) is -1.11. The summed E-state index contributed by atoms with van der Waals surface area (Å²) in [6, 6.07) is 0. The maximum absolute atomic E-state index is 11.6. The molecule has 2 N–H and O–H groups in total. The molecule has 0 aliphatic rings. The number of hydrogen-bond acceptors (Lipinski definition) is 10. The van der Waals surface area contributed by atoms with Gasteiger partial charge in [0.1, 0.15) is 0 Å². The first-order valence-corrected chi connectivity index (χ1v) is 9.17. The zero-order valence-electron chi connectivity index (χ0n) is 17.2. The molecule has 1 atom stereocenters. The van der Waals surface area contributed by atoms with Crippen molar-refractivity contribution in [2.75, 3.05) is 47.8 Å². The number of nitrogens with two attached hydrogens (primary N) is 1. The molecule has 0 aromatic rings. The summed E-state index contributed by atoms with van der Waals surface area (Å²) in [7, 11) is 3.84. The summed E-state index contributed by atoms with van der Waals surface area (Å²) in [6.45, 7) is 2.70. The first-order valence-electron chi connectivity index (χ1n) is 9.17. The smallest absolute Gasteiger partial charge is 0.469 e. The fourth-order valence-corrected chi connectivity index (χ4v) is 2.26. The lowest BCUT2D eigenvalue weighted by Gasteiger charge is -2.35. The van der Waals surface area contributed by atoms with Crippen LogP contribution in [0.4, 0.5) is 4.79 Å². The molecule has 10 heteroatoms. The molecule has 0 aromatic heterocycles. The van der Waals surface area contributed by atoms with Crippen LogP contribution in [0.15, 0.2) is 0 Å². The normalized spacial score (nSPS) is 12.9. The number of hydrogen-bond donors (Lipinski definition) is 1. The molecule has 0 amide bonds. The topological polar surface area (TPSA) is 133 Å². The highest BCUT2D eigenvalue weighted by Crippen LogP contribution is 2.23. The number of rotatable bonds is 15. The van der Waals surface area contributed by atoms with E-state index in [1.807, 2.05) is 0 Å². The maximum atomic E-state index is 11.6. The molecule has 0 bridgehead atoms. The average molecular weight is 407 g/mol. The number of carbonyl (C=O) groups is 3. The Balaban J connectivity index is 4.64. The number of methoxy groups -OCH3 is 3. The second-order valence-corrected chi connectivity index (χ2v) is 6.07. The largest absolute Gasteiger partial charge is 0.509 e. The van der Waals surface area contributed by atoms with Gasteiger partial charge in [-0.25, -0.2) is 4.79 Å². The van der Waals surface area contributed by atoms with E-state index in [9.17, 15) is 14.4 Å². The summed E-state index contributed by atoms with van der Waals surface area (Å²) >= 11 is 0. The van der Waals surface area contributed by atoms with E-state index in [0.717, 1.165) is 0 Å². The van der Waals surface area contributed by atoms with Gasteiger partial charge in [-0.2, -0.15) is 0 Å². The highest BCUT2D eigenvalue weighted by Gasteiger charge is 2.38. The molecule has 164 valence electrons. The molecule has 0 saturated heterocycles. The first kappa shape index (κ1) is 26.1. The Morgan fingerprint density at radius 3 is 1.68 bits per heavy atom. The Morgan fingerprint density at radius 1 is 0.857 bits per heavy atom. The molecule has 0 spiro atoms. The van der Waals surface area contributed by atoms with Crippen molar-refractivity contribution < 1.29 is 42.8 Å². The van der Waals surface area contributed by atoms with E-state index in [4.69, 9.17) is 19.9 Å². The number of carbonyl (C=O) groups excluding carboxylic acids is 3. The van der Waals surface area contributed by atoms with Crippen LogP contribution < -0.4 is 5.73 Å². The van der Waals surface area contributed by atoms with Crippen LogP contribution in [0.3, 0.4) is 0 Å². The number of esters is 2. The van der Waals surface area contributed by atoms with E-state index in [-0.39, 0.29) is 38.0 Å². The van der Waals surface area contributed by atoms with Crippen molar-refractivity contribution in [3.63, 3.8) is 0 Å². The lowest BCUT2D eigenvalue weighted by Crippen LogP contribution is -2.54. The Bertz CT molecular complexity index is 446. The van der Waals surface area contributed by atoms with Crippen LogP contribution in [0.1, 0.15) is 39.0 Å². The Morgan fingerprint density at radius 2 is 1.32 bits per heavy atom. The van der Waals surface area contributed by atoms with E-state index in [1.54, 1.807) is 6.92 Å². The minimum Gasteiger partial charge on any atom is -0.469 e. The zero-order chi connectivity index (χ0) is 21.4. The minimum absolute atomic E-state index is 0.152. The lowest BCUT2D eigenvalue weighted by atomic mass is 9.95. The summed E-state index contributed by atoms with van der Waals surface area (Å²) in [5, 5.41) is 0. The Labute approximate surface area is 165 Å². The van der Waals surface area contributed by atoms with Crippen molar-refractivity contribution in [3.05, 3.63) is 0 Å². The van der Waals surface area contributed by atoms with Gasteiger partial charge in [0.15, 0.2) is 5.72 Å². The molecule has 0 heterocycles. The van der Waals surface area contributed by atoms with Crippen molar-refractivity contribution in [2.24, 2.45) is 11.7 Å². The highest BCUT2D eigenvalue weighted by atomic mass is 16.7. The molecule has 0 aliphatic carbocycles. The van der Waals surface area contributed by atoms with Gasteiger partial charge in [-0.1, -0.05) is 6.92 Å². The molecule has 0 saturated carbocycles. The Hall–Kier alpha value is -1.91. The van der Waals surface area contributed by atoms with Gasteiger partial charge in [0.25, 0.3) is 0 Å². The summed E-state index contributed by atoms with van der Waals surface area (Å²) in [6.07, 6.45) is 0.869. The van der Waals surface area contributed by atoms with Crippen molar-refractivity contribution in [1.29, 1.82) is 0 Å². The van der Waals surface area contributed by atoms with Gasteiger partial charge < -0.3 is 28.4 Å². The molecule has 0 radical (unpaired) electrons. The first-order chi connectivity index (χ1) is 13.3. The Kier molecular flexibility index (Phi) is 14.0. The van der Waals surface area contributed by atoms with E-state index in [0.29, 0.717) is 32.5 Å². The third kappa shape index (κ3) is 11.1. The monoisotopic (exact) mass is 407 g/mol. The zero-order valence-corrected chi connectivity index (χ0v) is 17.2. The van der Waals surface area contributed by atoms with Crippen LogP contribution in [-0.4, -0.2) is 71.6 Å². The average Bonchev–Trinajstić information content (AvgIpc) is 2.70. The lowest BCUT2D eigenvalue weighted by molar-refractivity contribution is -0.141. The third-order valence-electron chi connectivity index (χ3n) is 4.12. The van der Waals surface area contributed by atoms with Crippen LogP contribution in [0, 0.1) is 5.92 Å². The molecule has 0 aliphatic heterocycles. The van der Waals surface area contributed by atoms with Crippen molar-refractivity contribution in [1.82, 2.24) is 0 Å². The standard InChI is InChI=1S/C18H33NO9/c1-5-18(19,28-17(22)25-4)14(12-26-10-6-8-15(20)23-2)13-27-11-7-9-16(21)24-3/h14H,5-13,19H2,1-4H3. The SMILES string of the molecule is CCC(N)(OC(=O)OC)C(COCCCC(=O)OC)COCCCC(=O)OC. The van der Waals surface area contributed by atoms with E-state index in [1.165, 1.54) is 21.3 Å². The summed E-state index contributed by atoms with van der Waals surface area (Å²) in [4.78, 5) is 33.8. The predicted molar refractivity (Wildman–Crippen MR) is 98.3 cm³/mol. The maximum Gasteiger partial charge on any atom is 0.509 e. The van der Waals surface area contributed by atoms with Gasteiger partial charge in [-0.15, -0.1) is 0 Å². The van der Waals surface area contributed by atoms with Crippen molar-refractivity contribution in [3.8, 4) is 0 Å². The van der Waals surface area contributed by atoms with Crippen molar-refractivity contribution >= 4 is 18.1 Å². The molecule has 1 unspecified atom stereocenters. The summed E-state index contributed by atoms with van der Waals surface area (Å²) < 4.78 is 30.1. The second kappa shape index (κ2) is 15.1. The molecule has 0 aromatic carbocycles. The van der Waals surface area contributed by atoms with E-state index in [2.05, 4.69) is 14.2 Å². The van der Waals surface area contributed by atoms with Crippen LogP contribution >= 0.6 is 0 Å². The molecule has 10 nitrogen and oxygen atoms in total. The molecular weight excluding hydrogens is 374 g/mol. The van der Waals surface area contributed by atoms with Gasteiger partial charge in [0.2, 0.25) is 0 Å². The van der Waals surface area contributed by atoms with E-state index < -0.39 is 17.8 Å². The van der Waals surface area contributed by atoms with Gasteiger partial charge in [0, 0.05) is 26.1 Å². The quantitative estimate of drug-likeness (QED) is 0.184. The number of ether oxygens (including phenoxy) is 6. The second-order valence-electron chi connectivity index (χ2n) is 6.07. The van der Waals surface area contributed by atoms with Gasteiger partial charge in [0.05, 0.1) is 40.5 Å². The van der Waals surface area contributed by atoms with E-state index >= 15 is 0 Å². The van der Waals surface area contributed by atoms with Crippen LogP contribution in [0.25, 0.3) is 0 Å². The van der Waals surface area contributed by atoms with Crippen LogP contribution in [0.5, 0.6) is 0 Å².